The largest absolute Gasteiger partial charge is 0.356 e. The molecule has 6 nitrogen and oxygen atoms in total. The molecule has 0 radical (unpaired) electrons. The number of nitrogens with one attached hydrogen (secondary N) is 1. The summed E-state index contributed by atoms with van der Waals surface area (Å²) in [6.45, 7) is 6.44. The van der Waals surface area contributed by atoms with Gasteiger partial charge >= 0.3 is 0 Å². The second-order valence-electron chi connectivity index (χ2n) is 4.34. The van der Waals surface area contributed by atoms with Crippen molar-refractivity contribution in [1.29, 1.82) is 0 Å². The van der Waals surface area contributed by atoms with E-state index < -0.39 is 0 Å². The van der Waals surface area contributed by atoms with Crippen molar-refractivity contribution in [2.24, 2.45) is 0 Å². The summed E-state index contributed by atoms with van der Waals surface area (Å²) in [6, 6.07) is 0.0649. The minimum atomic E-state index is -0.209. The predicted molar refractivity (Wildman–Crippen MR) is 70.7 cm³/mol. The lowest BCUT2D eigenvalue weighted by molar-refractivity contribution is -0.127. The molecular formula is C12H20N4O2. The van der Waals surface area contributed by atoms with Gasteiger partial charge in [-0.3, -0.25) is 9.59 Å². The standard InChI is InChI=1S/C12H20N4O2/c1-5-15(4)10(17)8-14-11-12(18)16(9(2)3)7-6-13-11/h6-7,9H,5,8H2,1-4H3,(H,13,14). The maximum absolute atomic E-state index is 12.0. The van der Waals surface area contributed by atoms with Gasteiger partial charge in [-0.1, -0.05) is 0 Å². The zero-order valence-corrected chi connectivity index (χ0v) is 11.3. The molecule has 1 heterocycles. The lowest BCUT2D eigenvalue weighted by Gasteiger charge is -2.15. The van der Waals surface area contributed by atoms with Gasteiger partial charge in [0, 0.05) is 32.0 Å². The fourth-order valence-corrected chi connectivity index (χ4v) is 1.42. The van der Waals surface area contributed by atoms with Crippen LogP contribution in [0.1, 0.15) is 26.8 Å². The van der Waals surface area contributed by atoms with Gasteiger partial charge in [-0.05, 0) is 20.8 Å². The molecule has 0 unspecified atom stereocenters. The van der Waals surface area contributed by atoms with E-state index >= 15 is 0 Å². The number of likely N-dealkylation sites (N-methyl/N-ethyl adjacent to an activating group) is 1. The highest BCUT2D eigenvalue weighted by Crippen LogP contribution is 2.01. The van der Waals surface area contributed by atoms with Crippen LogP contribution in [0.5, 0.6) is 0 Å². The van der Waals surface area contributed by atoms with Crippen molar-refractivity contribution >= 4 is 11.7 Å². The molecule has 18 heavy (non-hydrogen) atoms. The van der Waals surface area contributed by atoms with Crippen molar-refractivity contribution in [3.63, 3.8) is 0 Å². The quantitative estimate of drug-likeness (QED) is 0.838. The molecule has 0 aliphatic carbocycles. The Morgan fingerprint density at radius 2 is 2.22 bits per heavy atom. The Kier molecular flexibility index (Phi) is 4.88. The van der Waals surface area contributed by atoms with Crippen LogP contribution in [0.25, 0.3) is 0 Å². The van der Waals surface area contributed by atoms with E-state index in [1.807, 2.05) is 20.8 Å². The van der Waals surface area contributed by atoms with E-state index in [9.17, 15) is 9.59 Å². The van der Waals surface area contributed by atoms with Gasteiger partial charge in [0.1, 0.15) is 0 Å². The number of carbonyl (C=O) groups excluding carboxylic acids is 1. The molecule has 0 saturated carbocycles. The third kappa shape index (κ3) is 3.32. The number of anilines is 1. The first-order valence-electron chi connectivity index (χ1n) is 6.02. The van der Waals surface area contributed by atoms with Crippen LogP contribution in [0.2, 0.25) is 0 Å². The average Bonchev–Trinajstić information content (AvgIpc) is 2.35. The summed E-state index contributed by atoms with van der Waals surface area (Å²) in [4.78, 5) is 29.1. The molecule has 0 aromatic carbocycles. The summed E-state index contributed by atoms with van der Waals surface area (Å²) < 4.78 is 1.57. The van der Waals surface area contributed by atoms with Crippen LogP contribution in [0.4, 0.5) is 5.82 Å². The third-order valence-electron chi connectivity index (χ3n) is 2.73. The molecule has 1 aromatic rings. The van der Waals surface area contributed by atoms with Crippen LogP contribution in [0, 0.1) is 0 Å². The van der Waals surface area contributed by atoms with E-state index in [2.05, 4.69) is 10.3 Å². The number of aromatic nitrogens is 2. The fraction of sp³-hybridized carbons (Fsp3) is 0.583. The van der Waals surface area contributed by atoms with Gasteiger partial charge in [0.15, 0.2) is 5.82 Å². The first kappa shape index (κ1) is 14.2. The van der Waals surface area contributed by atoms with Gasteiger partial charge in [0.05, 0.1) is 6.54 Å². The van der Waals surface area contributed by atoms with E-state index in [1.54, 1.807) is 28.9 Å². The van der Waals surface area contributed by atoms with E-state index in [4.69, 9.17) is 0 Å². The summed E-state index contributed by atoms with van der Waals surface area (Å²) >= 11 is 0. The van der Waals surface area contributed by atoms with Crippen LogP contribution in [0.15, 0.2) is 17.2 Å². The van der Waals surface area contributed by atoms with Gasteiger partial charge in [-0.15, -0.1) is 0 Å². The zero-order valence-electron chi connectivity index (χ0n) is 11.3. The van der Waals surface area contributed by atoms with E-state index in [1.165, 1.54) is 0 Å². The highest BCUT2D eigenvalue weighted by molar-refractivity contribution is 5.80. The molecule has 6 heteroatoms. The average molecular weight is 252 g/mol. The molecule has 0 fully saturated rings. The highest BCUT2D eigenvalue weighted by Gasteiger charge is 2.10. The number of amides is 1. The van der Waals surface area contributed by atoms with Gasteiger partial charge in [-0.25, -0.2) is 4.98 Å². The molecule has 1 amide bonds. The van der Waals surface area contributed by atoms with Crippen molar-refractivity contribution in [2.45, 2.75) is 26.8 Å². The Balaban J connectivity index is 2.78. The van der Waals surface area contributed by atoms with Crippen LogP contribution >= 0.6 is 0 Å². The fourth-order valence-electron chi connectivity index (χ4n) is 1.42. The molecule has 1 rings (SSSR count). The lowest BCUT2D eigenvalue weighted by Crippen LogP contribution is -2.34. The molecule has 0 aliphatic heterocycles. The Hall–Kier alpha value is -1.85. The van der Waals surface area contributed by atoms with Crippen molar-refractivity contribution in [3.05, 3.63) is 22.7 Å². The first-order chi connectivity index (χ1) is 8.47. The van der Waals surface area contributed by atoms with Crippen molar-refractivity contribution < 1.29 is 4.79 Å². The van der Waals surface area contributed by atoms with E-state index in [0.717, 1.165) is 0 Å². The molecule has 100 valence electrons. The normalized spacial score (nSPS) is 10.5. The molecular weight excluding hydrogens is 232 g/mol. The zero-order chi connectivity index (χ0) is 13.7. The Bertz CT molecular complexity index is 467. The van der Waals surface area contributed by atoms with E-state index in [0.29, 0.717) is 6.54 Å². The van der Waals surface area contributed by atoms with Crippen LogP contribution in [0.3, 0.4) is 0 Å². The smallest absolute Gasteiger partial charge is 0.293 e. The van der Waals surface area contributed by atoms with E-state index in [-0.39, 0.29) is 29.9 Å². The molecule has 0 atom stereocenters. The second-order valence-corrected chi connectivity index (χ2v) is 4.34. The predicted octanol–water partition coefficient (Wildman–Crippen LogP) is 0.714. The molecule has 0 spiro atoms. The van der Waals surface area contributed by atoms with Crippen molar-refractivity contribution in [2.75, 3.05) is 25.5 Å². The Labute approximate surface area is 107 Å². The minimum absolute atomic E-state index is 0.0649. The molecule has 1 N–H and O–H groups in total. The van der Waals surface area contributed by atoms with Gasteiger partial charge in [-0.2, -0.15) is 0 Å². The maximum atomic E-state index is 12.0. The molecule has 0 saturated heterocycles. The highest BCUT2D eigenvalue weighted by atomic mass is 16.2. The van der Waals surface area contributed by atoms with Crippen molar-refractivity contribution in [3.8, 4) is 0 Å². The summed E-state index contributed by atoms with van der Waals surface area (Å²) in [5, 5.41) is 2.79. The Morgan fingerprint density at radius 3 is 2.78 bits per heavy atom. The second kappa shape index (κ2) is 6.18. The Morgan fingerprint density at radius 1 is 1.56 bits per heavy atom. The first-order valence-corrected chi connectivity index (χ1v) is 6.02. The third-order valence-corrected chi connectivity index (χ3v) is 2.73. The minimum Gasteiger partial charge on any atom is -0.356 e. The molecule has 0 aliphatic rings. The van der Waals surface area contributed by atoms with Gasteiger partial charge < -0.3 is 14.8 Å². The lowest BCUT2D eigenvalue weighted by atomic mass is 10.4. The number of carbonyl (C=O) groups is 1. The molecule has 0 bridgehead atoms. The number of hydrogen-bond donors (Lipinski definition) is 1. The number of rotatable bonds is 5. The van der Waals surface area contributed by atoms with Crippen LogP contribution < -0.4 is 10.9 Å². The number of hydrogen-bond acceptors (Lipinski definition) is 4. The monoisotopic (exact) mass is 252 g/mol. The molecule has 1 aromatic heterocycles. The number of nitrogens with zero attached hydrogens (tertiary/aromatic N) is 3. The van der Waals surface area contributed by atoms with Crippen LogP contribution in [-0.2, 0) is 4.79 Å². The topological polar surface area (TPSA) is 67.2 Å². The SMILES string of the molecule is CCN(C)C(=O)CNc1nccn(C(C)C)c1=O. The van der Waals surface area contributed by atoms with Gasteiger partial charge in [0.2, 0.25) is 5.91 Å². The maximum Gasteiger partial charge on any atom is 0.293 e. The summed E-state index contributed by atoms with van der Waals surface area (Å²) in [5.74, 6) is 0.141. The summed E-state index contributed by atoms with van der Waals surface area (Å²) in [7, 11) is 1.72. The summed E-state index contributed by atoms with van der Waals surface area (Å²) in [5.41, 5.74) is -0.209. The van der Waals surface area contributed by atoms with Crippen molar-refractivity contribution in [1.82, 2.24) is 14.5 Å². The van der Waals surface area contributed by atoms with Gasteiger partial charge in [0.25, 0.3) is 5.56 Å². The summed E-state index contributed by atoms with van der Waals surface area (Å²) in [6.07, 6.45) is 3.19. The van der Waals surface area contributed by atoms with Crippen LogP contribution in [-0.4, -0.2) is 40.5 Å².